The van der Waals surface area contributed by atoms with Crippen molar-refractivity contribution in [3.63, 3.8) is 0 Å². The van der Waals surface area contributed by atoms with E-state index in [9.17, 15) is 9.18 Å². The van der Waals surface area contributed by atoms with Gasteiger partial charge in [0.05, 0.1) is 11.4 Å². The number of hydrogen-bond acceptors (Lipinski definition) is 4. The van der Waals surface area contributed by atoms with Crippen LogP contribution in [0.3, 0.4) is 0 Å². The van der Waals surface area contributed by atoms with E-state index in [1.807, 2.05) is 30.3 Å². The Bertz CT molecular complexity index is 1120. The average Bonchev–Trinajstić information content (AvgIpc) is 3.12. The summed E-state index contributed by atoms with van der Waals surface area (Å²) >= 11 is 0. The summed E-state index contributed by atoms with van der Waals surface area (Å²) in [5.41, 5.74) is 1.97. The summed E-state index contributed by atoms with van der Waals surface area (Å²) in [7, 11) is 0. The van der Waals surface area contributed by atoms with Crippen molar-refractivity contribution in [2.24, 2.45) is 0 Å². The van der Waals surface area contributed by atoms with Gasteiger partial charge in [0.25, 0.3) is 5.91 Å². The monoisotopic (exact) mass is 388 g/mol. The van der Waals surface area contributed by atoms with E-state index in [-0.39, 0.29) is 17.4 Å². The Morgan fingerprint density at radius 2 is 1.59 bits per heavy atom. The molecule has 1 aromatic heterocycles. The summed E-state index contributed by atoms with van der Waals surface area (Å²) in [6.07, 6.45) is 0. The molecule has 0 fully saturated rings. The number of carbonyl (C=O) groups excluding carboxylic acids is 1. The van der Waals surface area contributed by atoms with Gasteiger partial charge < -0.3 is 10.1 Å². The average molecular weight is 388 g/mol. The second kappa shape index (κ2) is 7.93. The number of carbonyl (C=O) groups is 1. The summed E-state index contributed by atoms with van der Waals surface area (Å²) < 4.78 is 20.3. The van der Waals surface area contributed by atoms with Gasteiger partial charge in [-0.2, -0.15) is 0 Å². The number of rotatable bonds is 5. The fourth-order valence-electron chi connectivity index (χ4n) is 2.79. The number of halogens is 1. The van der Waals surface area contributed by atoms with Gasteiger partial charge in [0.2, 0.25) is 0 Å². The quantitative estimate of drug-likeness (QED) is 0.535. The van der Waals surface area contributed by atoms with Crippen LogP contribution in [-0.2, 0) is 0 Å². The summed E-state index contributed by atoms with van der Waals surface area (Å²) in [6, 6.07) is 22.3. The molecule has 0 radical (unpaired) electrons. The summed E-state index contributed by atoms with van der Waals surface area (Å²) in [4.78, 5) is 12.6. The highest BCUT2D eigenvalue weighted by atomic mass is 19.1. The number of hydrogen-bond donors (Lipinski definition) is 1. The number of nitrogens with one attached hydrogen (secondary N) is 1. The van der Waals surface area contributed by atoms with Crippen molar-refractivity contribution >= 4 is 11.6 Å². The molecular formula is C22H17FN4O2. The molecule has 0 bridgehead atoms. The normalized spacial score (nSPS) is 10.6. The molecule has 4 rings (SSSR count). The minimum absolute atomic E-state index is 0.193. The summed E-state index contributed by atoms with van der Waals surface area (Å²) in [5.74, 6) is 0.668. The van der Waals surface area contributed by atoms with E-state index in [0.29, 0.717) is 22.8 Å². The third kappa shape index (κ3) is 4.14. The predicted molar refractivity (Wildman–Crippen MR) is 107 cm³/mol. The molecule has 6 nitrogen and oxygen atoms in total. The van der Waals surface area contributed by atoms with Crippen molar-refractivity contribution in [1.29, 1.82) is 0 Å². The van der Waals surface area contributed by atoms with Crippen LogP contribution in [0.5, 0.6) is 11.5 Å². The minimum atomic E-state index is -0.382. The molecule has 1 N–H and O–H groups in total. The van der Waals surface area contributed by atoms with Crippen LogP contribution in [0.1, 0.15) is 16.2 Å². The Hall–Kier alpha value is -4.00. The Morgan fingerprint density at radius 3 is 2.28 bits per heavy atom. The molecule has 0 aliphatic rings. The zero-order valence-corrected chi connectivity index (χ0v) is 15.5. The van der Waals surface area contributed by atoms with Gasteiger partial charge in [-0.25, -0.2) is 9.07 Å². The lowest BCUT2D eigenvalue weighted by Crippen LogP contribution is -2.14. The first kappa shape index (κ1) is 18.4. The number of para-hydroxylation sites is 1. The smallest absolute Gasteiger partial charge is 0.278 e. The van der Waals surface area contributed by atoms with E-state index < -0.39 is 0 Å². The molecule has 144 valence electrons. The molecule has 0 aliphatic carbocycles. The lowest BCUT2D eigenvalue weighted by molar-refractivity contribution is 0.102. The fraction of sp³-hybridized carbons (Fsp3) is 0.0455. The number of ether oxygens (including phenoxy) is 1. The molecule has 0 aliphatic heterocycles. The molecule has 29 heavy (non-hydrogen) atoms. The Morgan fingerprint density at radius 1 is 0.931 bits per heavy atom. The maximum absolute atomic E-state index is 13.1. The first-order valence-corrected chi connectivity index (χ1v) is 8.93. The highest BCUT2D eigenvalue weighted by molar-refractivity contribution is 6.03. The van der Waals surface area contributed by atoms with Gasteiger partial charge in [0.1, 0.15) is 17.3 Å². The molecule has 0 atom stereocenters. The Balaban J connectivity index is 1.46. The fourth-order valence-corrected chi connectivity index (χ4v) is 2.79. The molecule has 1 amide bonds. The summed E-state index contributed by atoms with van der Waals surface area (Å²) in [6.45, 7) is 1.73. The van der Waals surface area contributed by atoms with Gasteiger partial charge in [-0.05, 0) is 67.6 Å². The lowest BCUT2D eigenvalue weighted by atomic mass is 10.2. The van der Waals surface area contributed by atoms with Crippen LogP contribution in [0.25, 0.3) is 5.69 Å². The van der Waals surface area contributed by atoms with Crippen molar-refractivity contribution in [3.8, 4) is 17.2 Å². The standard InChI is InChI=1S/C22H17FN4O2/c1-15-21(25-26-27(15)18-11-7-16(23)8-12-18)22(28)24-17-9-13-20(14-10-17)29-19-5-3-2-4-6-19/h2-14H,1H3,(H,24,28). The zero-order valence-electron chi connectivity index (χ0n) is 15.5. The van der Waals surface area contributed by atoms with E-state index >= 15 is 0 Å². The predicted octanol–water partition coefficient (Wildman–Crippen LogP) is 4.76. The van der Waals surface area contributed by atoms with Crippen LogP contribution in [0, 0.1) is 12.7 Å². The first-order valence-electron chi connectivity index (χ1n) is 8.93. The van der Waals surface area contributed by atoms with Crippen molar-refractivity contribution in [2.45, 2.75) is 6.92 Å². The van der Waals surface area contributed by atoms with E-state index in [1.165, 1.54) is 16.8 Å². The molecule has 7 heteroatoms. The second-order valence-electron chi connectivity index (χ2n) is 6.31. The largest absolute Gasteiger partial charge is 0.457 e. The minimum Gasteiger partial charge on any atom is -0.457 e. The van der Waals surface area contributed by atoms with Crippen LogP contribution < -0.4 is 10.1 Å². The SMILES string of the molecule is Cc1c(C(=O)Nc2ccc(Oc3ccccc3)cc2)nnn1-c1ccc(F)cc1. The van der Waals surface area contributed by atoms with Crippen LogP contribution in [0.15, 0.2) is 78.9 Å². The molecule has 4 aromatic rings. The van der Waals surface area contributed by atoms with Crippen LogP contribution >= 0.6 is 0 Å². The first-order chi connectivity index (χ1) is 14.1. The van der Waals surface area contributed by atoms with Crippen LogP contribution in [0.2, 0.25) is 0 Å². The van der Waals surface area contributed by atoms with Gasteiger partial charge in [0.15, 0.2) is 5.69 Å². The van der Waals surface area contributed by atoms with Gasteiger partial charge in [-0.3, -0.25) is 4.79 Å². The molecular weight excluding hydrogens is 371 g/mol. The number of anilines is 1. The number of aromatic nitrogens is 3. The van der Waals surface area contributed by atoms with E-state index in [1.54, 1.807) is 43.3 Å². The van der Waals surface area contributed by atoms with Crippen molar-refractivity contribution in [2.75, 3.05) is 5.32 Å². The Kier molecular flexibility index (Phi) is 5.03. The van der Waals surface area contributed by atoms with E-state index in [0.717, 1.165) is 5.75 Å². The van der Waals surface area contributed by atoms with Gasteiger partial charge in [-0.1, -0.05) is 23.4 Å². The van der Waals surface area contributed by atoms with Crippen molar-refractivity contribution in [1.82, 2.24) is 15.0 Å². The van der Waals surface area contributed by atoms with Crippen LogP contribution in [-0.4, -0.2) is 20.9 Å². The van der Waals surface area contributed by atoms with Gasteiger partial charge in [0, 0.05) is 5.69 Å². The maximum atomic E-state index is 13.1. The third-order valence-electron chi connectivity index (χ3n) is 4.27. The molecule has 0 saturated heterocycles. The second-order valence-corrected chi connectivity index (χ2v) is 6.31. The number of amides is 1. The molecule has 0 saturated carbocycles. The topological polar surface area (TPSA) is 69.0 Å². The van der Waals surface area contributed by atoms with E-state index in [2.05, 4.69) is 15.6 Å². The number of nitrogens with zero attached hydrogens (tertiary/aromatic N) is 3. The third-order valence-corrected chi connectivity index (χ3v) is 4.27. The highest BCUT2D eigenvalue weighted by Gasteiger charge is 2.17. The molecule has 1 heterocycles. The Labute approximate surface area is 166 Å². The summed E-state index contributed by atoms with van der Waals surface area (Å²) in [5, 5.41) is 10.8. The van der Waals surface area contributed by atoms with Crippen molar-refractivity contribution in [3.05, 3.63) is 96.1 Å². The molecule has 3 aromatic carbocycles. The van der Waals surface area contributed by atoms with E-state index in [4.69, 9.17) is 4.74 Å². The molecule has 0 spiro atoms. The van der Waals surface area contributed by atoms with Gasteiger partial charge >= 0.3 is 0 Å². The zero-order chi connectivity index (χ0) is 20.2. The highest BCUT2D eigenvalue weighted by Crippen LogP contribution is 2.23. The lowest BCUT2D eigenvalue weighted by Gasteiger charge is -2.08. The maximum Gasteiger partial charge on any atom is 0.278 e. The van der Waals surface area contributed by atoms with Crippen molar-refractivity contribution < 1.29 is 13.9 Å². The molecule has 0 unspecified atom stereocenters. The number of benzene rings is 3. The van der Waals surface area contributed by atoms with Crippen LogP contribution in [0.4, 0.5) is 10.1 Å². The van der Waals surface area contributed by atoms with Gasteiger partial charge in [-0.15, -0.1) is 5.10 Å².